The van der Waals surface area contributed by atoms with Crippen molar-refractivity contribution in [3.63, 3.8) is 0 Å². The van der Waals surface area contributed by atoms with Crippen LogP contribution in [0.3, 0.4) is 0 Å². The predicted octanol–water partition coefficient (Wildman–Crippen LogP) is 3.54. The van der Waals surface area contributed by atoms with Gasteiger partial charge in [0.15, 0.2) is 0 Å². The zero-order valence-corrected chi connectivity index (χ0v) is 18.3. The number of nitrogens with one attached hydrogen (secondary N) is 1. The molecule has 1 N–H and O–H groups in total. The maximum atomic E-state index is 13.3. The van der Waals surface area contributed by atoms with Gasteiger partial charge in [0.2, 0.25) is 11.8 Å². The van der Waals surface area contributed by atoms with Crippen molar-refractivity contribution in [2.45, 2.75) is 52.2 Å². The molecule has 0 bridgehead atoms. The number of para-hydroxylation sites is 2. The normalized spacial score (nSPS) is 13.5. The first-order chi connectivity index (χ1) is 15.0. The molecule has 1 aromatic heterocycles. The van der Waals surface area contributed by atoms with Gasteiger partial charge in [-0.1, -0.05) is 42.5 Å². The van der Waals surface area contributed by atoms with Crippen LogP contribution >= 0.6 is 0 Å². The monoisotopic (exact) mass is 418 g/mol. The summed E-state index contributed by atoms with van der Waals surface area (Å²) in [6.07, 6.45) is 2.58. The highest BCUT2D eigenvalue weighted by Gasteiger charge is 2.29. The fourth-order valence-electron chi connectivity index (χ4n) is 3.84. The lowest BCUT2D eigenvalue weighted by atomic mass is 10.2. The van der Waals surface area contributed by atoms with Gasteiger partial charge in [0.25, 0.3) is 0 Å². The maximum Gasteiger partial charge on any atom is 0.243 e. The van der Waals surface area contributed by atoms with E-state index < -0.39 is 0 Å². The molecule has 0 atom stereocenters. The quantitative estimate of drug-likeness (QED) is 0.578. The van der Waals surface area contributed by atoms with Gasteiger partial charge >= 0.3 is 0 Å². The number of carbonyl (C=O) groups excluding carboxylic acids is 2. The zero-order chi connectivity index (χ0) is 21.8. The Bertz CT molecular complexity index is 1050. The van der Waals surface area contributed by atoms with Crippen LogP contribution in [0.5, 0.6) is 0 Å². The number of carbonyl (C=O) groups is 2. The minimum atomic E-state index is 0.0604. The van der Waals surface area contributed by atoms with Crippen LogP contribution in [-0.2, 0) is 29.1 Å². The summed E-state index contributed by atoms with van der Waals surface area (Å²) in [7, 11) is 0. The number of amides is 2. The van der Waals surface area contributed by atoms with Crippen LogP contribution in [-0.4, -0.2) is 38.9 Å². The Balaban J connectivity index is 1.52. The third-order valence-electron chi connectivity index (χ3n) is 5.76. The summed E-state index contributed by atoms with van der Waals surface area (Å²) >= 11 is 0. The molecule has 0 unspecified atom stereocenters. The summed E-state index contributed by atoms with van der Waals surface area (Å²) < 4.78 is 2.00. The summed E-state index contributed by atoms with van der Waals surface area (Å²) in [6.45, 7) is 5.43. The Labute approximate surface area is 183 Å². The summed E-state index contributed by atoms with van der Waals surface area (Å²) in [5.41, 5.74) is 2.93. The van der Waals surface area contributed by atoms with Gasteiger partial charge in [0.1, 0.15) is 12.4 Å². The van der Waals surface area contributed by atoms with Crippen molar-refractivity contribution in [3.8, 4) is 0 Å². The van der Waals surface area contributed by atoms with E-state index in [0.717, 1.165) is 35.3 Å². The fourth-order valence-corrected chi connectivity index (χ4v) is 3.84. The van der Waals surface area contributed by atoms with E-state index >= 15 is 0 Å². The lowest BCUT2D eigenvalue weighted by Gasteiger charge is -2.27. The van der Waals surface area contributed by atoms with Gasteiger partial charge in [-0.05, 0) is 44.4 Å². The van der Waals surface area contributed by atoms with Crippen LogP contribution in [0.1, 0.15) is 38.1 Å². The first-order valence-electron chi connectivity index (χ1n) is 11.1. The molecule has 1 heterocycles. The van der Waals surface area contributed by atoms with E-state index in [1.165, 1.54) is 0 Å². The summed E-state index contributed by atoms with van der Waals surface area (Å²) in [5, 5.41) is 3.00. The molecule has 2 amide bonds. The largest absolute Gasteiger partial charge is 0.355 e. The number of benzene rings is 2. The molecule has 162 valence electrons. The van der Waals surface area contributed by atoms with Gasteiger partial charge in [-0.15, -0.1) is 0 Å². The molecule has 1 aliphatic rings. The van der Waals surface area contributed by atoms with Crippen molar-refractivity contribution >= 4 is 22.8 Å². The van der Waals surface area contributed by atoms with Crippen molar-refractivity contribution in [2.24, 2.45) is 5.92 Å². The van der Waals surface area contributed by atoms with Gasteiger partial charge in [-0.2, -0.15) is 0 Å². The van der Waals surface area contributed by atoms with Gasteiger partial charge in [0, 0.05) is 31.5 Å². The SMILES string of the molecule is CC(C)N(Cc1ccccc1)C(=O)Cn1c(CCNC(=O)C2CC2)nc2ccccc21. The molecule has 31 heavy (non-hydrogen) atoms. The predicted molar refractivity (Wildman–Crippen MR) is 121 cm³/mol. The van der Waals surface area contributed by atoms with Crippen LogP contribution in [0.4, 0.5) is 0 Å². The molecule has 6 nitrogen and oxygen atoms in total. The minimum absolute atomic E-state index is 0.0604. The molecule has 0 radical (unpaired) electrons. The van der Waals surface area contributed by atoms with Gasteiger partial charge in [-0.3, -0.25) is 9.59 Å². The van der Waals surface area contributed by atoms with Gasteiger partial charge < -0.3 is 14.8 Å². The van der Waals surface area contributed by atoms with E-state index in [4.69, 9.17) is 4.98 Å². The molecule has 0 saturated heterocycles. The second-order valence-electron chi connectivity index (χ2n) is 8.52. The summed E-state index contributed by atoms with van der Waals surface area (Å²) in [5.74, 6) is 1.21. The van der Waals surface area contributed by atoms with E-state index in [0.29, 0.717) is 19.5 Å². The van der Waals surface area contributed by atoms with Crippen LogP contribution in [0.15, 0.2) is 54.6 Å². The topological polar surface area (TPSA) is 67.2 Å². The number of hydrogen-bond acceptors (Lipinski definition) is 3. The molecule has 3 aromatic rings. The van der Waals surface area contributed by atoms with E-state index in [1.54, 1.807) is 0 Å². The Hall–Kier alpha value is -3.15. The average molecular weight is 419 g/mol. The Morgan fingerprint density at radius 2 is 1.81 bits per heavy atom. The molecule has 0 aliphatic heterocycles. The van der Waals surface area contributed by atoms with Crippen LogP contribution in [0.25, 0.3) is 11.0 Å². The van der Waals surface area contributed by atoms with Gasteiger partial charge in [0.05, 0.1) is 11.0 Å². The molecule has 6 heteroatoms. The molecule has 1 aliphatic carbocycles. The Kier molecular flexibility index (Phi) is 6.35. The number of aromatic nitrogens is 2. The second kappa shape index (κ2) is 9.33. The molecule has 0 spiro atoms. The Morgan fingerprint density at radius 1 is 1.10 bits per heavy atom. The number of imidazole rings is 1. The molecular formula is C25H30N4O2. The molecular weight excluding hydrogens is 388 g/mol. The standard InChI is InChI=1S/C25H30N4O2/c1-18(2)28(16-19-8-4-3-5-9-19)24(30)17-29-22-11-7-6-10-21(22)27-23(29)14-15-26-25(31)20-12-13-20/h3-11,18,20H,12-17H2,1-2H3,(H,26,31). The lowest BCUT2D eigenvalue weighted by molar-refractivity contribution is -0.134. The third-order valence-corrected chi connectivity index (χ3v) is 5.76. The smallest absolute Gasteiger partial charge is 0.243 e. The molecule has 4 rings (SSSR count). The first kappa shape index (κ1) is 21.1. The van der Waals surface area contributed by atoms with Crippen molar-refractivity contribution < 1.29 is 9.59 Å². The van der Waals surface area contributed by atoms with Crippen molar-refractivity contribution in [1.82, 2.24) is 19.8 Å². The van der Waals surface area contributed by atoms with E-state index in [9.17, 15) is 9.59 Å². The second-order valence-corrected chi connectivity index (χ2v) is 8.52. The van der Waals surface area contributed by atoms with Crippen LogP contribution in [0, 0.1) is 5.92 Å². The lowest BCUT2D eigenvalue weighted by Crippen LogP contribution is -2.39. The third kappa shape index (κ3) is 5.13. The van der Waals surface area contributed by atoms with Crippen molar-refractivity contribution in [1.29, 1.82) is 0 Å². The highest BCUT2D eigenvalue weighted by molar-refractivity contribution is 5.82. The highest BCUT2D eigenvalue weighted by Crippen LogP contribution is 2.28. The maximum absolute atomic E-state index is 13.3. The number of fused-ring (bicyclic) bond motifs is 1. The highest BCUT2D eigenvalue weighted by atomic mass is 16.2. The Morgan fingerprint density at radius 3 is 2.52 bits per heavy atom. The van der Waals surface area contributed by atoms with Crippen LogP contribution < -0.4 is 5.32 Å². The summed E-state index contributed by atoms with van der Waals surface area (Å²) in [4.78, 5) is 32.0. The minimum Gasteiger partial charge on any atom is -0.355 e. The van der Waals surface area contributed by atoms with Gasteiger partial charge in [-0.25, -0.2) is 4.98 Å². The molecule has 1 fully saturated rings. The fraction of sp³-hybridized carbons (Fsp3) is 0.400. The molecule has 2 aromatic carbocycles. The van der Waals surface area contributed by atoms with E-state index in [2.05, 4.69) is 5.32 Å². The summed E-state index contributed by atoms with van der Waals surface area (Å²) in [6, 6.07) is 18.0. The number of rotatable bonds is 9. The number of nitrogens with zero attached hydrogens (tertiary/aromatic N) is 3. The van der Waals surface area contributed by atoms with Crippen molar-refractivity contribution in [2.75, 3.05) is 6.54 Å². The molecule has 1 saturated carbocycles. The van der Waals surface area contributed by atoms with E-state index in [-0.39, 0.29) is 30.3 Å². The number of hydrogen-bond donors (Lipinski definition) is 1. The van der Waals surface area contributed by atoms with Crippen molar-refractivity contribution in [3.05, 3.63) is 66.0 Å². The van der Waals surface area contributed by atoms with Crippen LogP contribution in [0.2, 0.25) is 0 Å². The first-order valence-corrected chi connectivity index (χ1v) is 11.1. The average Bonchev–Trinajstić information content (AvgIpc) is 3.56. The van der Waals surface area contributed by atoms with E-state index in [1.807, 2.05) is 77.9 Å². The zero-order valence-electron chi connectivity index (χ0n) is 18.3.